The number of guanidine groups is 1. The van der Waals surface area contributed by atoms with E-state index in [1.807, 2.05) is 37.3 Å². The summed E-state index contributed by atoms with van der Waals surface area (Å²) in [6.45, 7) is 1.79. The van der Waals surface area contributed by atoms with Gasteiger partial charge in [-0.25, -0.2) is 0 Å². The molecule has 0 saturated heterocycles. The Hall–Kier alpha value is -2.01. The lowest BCUT2D eigenvalue weighted by Gasteiger charge is -2.13. The van der Waals surface area contributed by atoms with Crippen LogP contribution >= 0.6 is 24.0 Å². The first-order chi connectivity index (χ1) is 13.8. The van der Waals surface area contributed by atoms with Crippen molar-refractivity contribution in [2.24, 2.45) is 4.99 Å². The smallest absolute Gasteiger partial charge is 0.411 e. The van der Waals surface area contributed by atoms with Gasteiger partial charge >= 0.3 is 6.18 Å². The Kier molecular flexibility index (Phi) is 11.0. The van der Waals surface area contributed by atoms with Crippen molar-refractivity contribution < 1.29 is 22.6 Å². The van der Waals surface area contributed by atoms with Crippen molar-refractivity contribution in [3.05, 3.63) is 64.7 Å². The number of hydrogen-bond acceptors (Lipinski definition) is 3. The van der Waals surface area contributed by atoms with Gasteiger partial charge in [-0.2, -0.15) is 13.2 Å². The highest BCUT2D eigenvalue weighted by Crippen LogP contribution is 2.19. The second-order valence-electron chi connectivity index (χ2n) is 6.51. The minimum absolute atomic E-state index is 0. The van der Waals surface area contributed by atoms with Gasteiger partial charge < -0.3 is 20.1 Å². The summed E-state index contributed by atoms with van der Waals surface area (Å²) in [6, 6.07) is 13.2. The van der Waals surface area contributed by atoms with E-state index in [2.05, 4.69) is 20.4 Å². The number of halogens is 4. The van der Waals surface area contributed by atoms with Gasteiger partial charge in [0.05, 0.1) is 13.7 Å². The first-order valence-electron chi connectivity index (χ1n) is 9.11. The third kappa shape index (κ3) is 9.21. The number of nitrogens with one attached hydrogen (secondary N) is 2. The van der Waals surface area contributed by atoms with E-state index in [4.69, 9.17) is 4.74 Å². The van der Waals surface area contributed by atoms with Crippen LogP contribution in [0.25, 0.3) is 0 Å². The van der Waals surface area contributed by atoms with E-state index in [1.54, 1.807) is 26.3 Å². The van der Waals surface area contributed by atoms with E-state index in [1.165, 1.54) is 0 Å². The number of benzene rings is 2. The fourth-order valence-corrected chi connectivity index (χ4v) is 2.60. The van der Waals surface area contributed by atoms with Gasteiger partial charge in [-0.15, -0.1) is 24.0 Å². The summed E-state index contributed by atoms with van der Waals surface area (Å²) >= 11 is 0. The molecule has 0 atom stereocenters. The van der Waals surface area contributed by atoms with Crippen LogP contribution in [0.15, 0.2) is 47.5 Å². The quantitative estimate of drug-likeness (QED) is 0.295. The van der Waals surface area contributed by atoms with Crippen LogP contribution in [0.2, 0.25) is 0 Å². The summed E-state index contributed by atoms with van der Waals surface area (Å²) in [5, 5.41) is 6.44. The second-order valence-corrected chi connectivity index (χ2v) is 6.51. The van der Waals surface area contributed by atoms with Crippen molar-refractivity contribution in [3.63, 3.8) is 0 Å². The monoisotopic (exact) mass is 537 g/mol. The lowest BCUT2D eigenvalue weighted by Crippen LogP contribution is -2.36. The van der Waals surface area contributed by atoms with Gasteiger partial charge in [-0.3, -0.25) is 4.99 Å². The lowest BCUT2D eigenvalue weighted by molar-refractivity contribution is -0.176. The molecule has 0 aliphatic carbocycles. The van der Waals surface area contributed by atoms with Crippen LogP contribution in [0, 0.1) is 6.92 Å². The summed E-state index contributed by atoms with van der Waals surface area (Å²) in [4.78, 5) is 4.20. The van der Waals surface area contributed by atoms with Gasteiger partial charge in [0.25, 0.3) is 0 Å². The Morgan fingerprint density at radius 3 is 2.10 bits per heavy atom. The van der Waals surface area contributed by atoms with E-state index in [0.717, 1.165) is 22.4 Å². The number of ether oxygens (including phenoxy) is 2. The SMILES string of the molecule is CN=C(NCc1ccc(COCC(F)(F)F)cc1)NCc1ccc(C)c(OC)c1.I. The third-order valence-corrected chi connectivity index (χ3v) is 4.17. The molecule has 0 amide bonds. The molecule has 0 aliphatic heterocycles. The molecular formula is C21H27F3IN3O2. The van der Waals surface area contributed by atoms with Crippen LogP contribution in [-0.2, 0) is 24.4 Å². The molecule has 0 bridgehead atoms. The van der Waals surface area contributed by atoms with Gasteiger partial charge in [0.2, 0.25) is 0 Å². The minimum Gasteiger partial charge on any atom is -0.496 e. The topological polar surface area (TPSA) is 54.9 Å². The van der Waals surface area contributed by atoms with Gasteiger partial charge in [-0.05, 0) is 35.2 Å². The first-order valence-corrected chi connectivity index (χ1v) is 9.11. The Balaban J connectivity index is 0.00000450. The normalized spacial score (nSPS) is 11.6. The van der Waals surface area contributed by atoms with E-state index in [-0.39, 0.29) is 30.6 Å². The lowest BCUT2D eigenvalue weighted by atomic mass is 10.1. The van der Waals surface area contributed by atoms with Crippen molar-refractivity contribution in [3.8, 4) is 5.75 Å². The summed E-state index contributed by atoms with van der Waals surface area (Å²) in [5.74, 6) is 1.48. The summed E-state index contributed by atoms with van der Waals surface area (Å²) in [6.07, 6.45) is -4.31. The minimum atomic E-state index is -4.31. The fourth-order valence-electron chi connectivity index (χ4n) is 2.60. The van der Waals surface area contributed by atoms with Crippen molar-refractivity contribution in [1.82, 2.24) is 10.6 Å². The molecule has 0 spiro atoms. The Bertz CT molecular complexity index is 812. The highest BCUT2D eigenvalue weighted by molar-refractivity contribution is 14.0. The molecular weight excluding hydrogens is 510 g/mol. The van der Waals surface area contributed by atoms with Crippen LogP contribution in [0.5, 0.6) is 5.75 Å². The molecule has 30 heavy (non-hydrogen) atoms. The Labute approximate surface area is 192 Å². The van der Waals surface area contributed by atoms with E-state index < -0.39 is 12.8 Å². The Morgan fingerprint density at radius 1 is 0.967 bits per heavy atom. The summed E-state index contributed by atoms with van der Waals surface area (Å²) in [7, 11) is 3.33. The zero-order valence-electron chi connectivity index (χ0n) is 17.2. The molecule has 2 N–H and O–H groups in total. The summed E-state index contributed by atoms with van der Waals surface area (Å²) in [5.41, 5.74) is 3.81. The molecule has 2 aromatic carbocycles. The van der Waals surface area contributed by atoms with E-state index in [0.29, 0.717) is 24.6 Å². The first kappa shape index (κ1) is 26.0. The maximum absolute atomic E-state index is 12.1. The molecule has 0 heterocycles. The zero-order chi connectivity index (χ0) is 21.3. The predicted molar refractivity (Wildman–Crippen MR) is 122 cm³/mol. The van der Waals surface area contributed by atoms with Crippen LogP contribution in [0.3, 0.4) is 0 Å². The number of rotatable bonds is 8. The average molecular weight is 537 g/mol. The zero-order valence-corrected chi connectivity index (χ0v) is 19.5. The second kappa shape index (κ2) is 12.6. The number of methoxy groups -OCH3 is 1. The fraction of sp³-hybridized carbons (Fsp3) is 0.381. The van der Waals surface area contributed by atoms with Gasteiger partial charge in [0, 0.05) is 20.1 Å². The van der Waals surface area contributed by atoms with Crippen LogP contribution in [0.4, 0.5) is 13.2 Å². The molecule has 9 heteroatoms. The molecule has 0 saturated carbocycles. The number of alkyl halides is 3. The Morgan fingerprint density at radius 2 is 1.53 bits per heavy atom. The molecule has 0 unspecified atom stereocenters. The average Bonchev–Trinajstić information content (AvgIpc) is 2.69. The van der Waals surface area contributed by atoms with E-state index in [9.17, 15) is 13.2 Å². The highest BCUT2D eigenvalue weighted by atomic mass is 127. The van der Waals surface area contributed by atoms with Crippen LogP contribution in [-0.4, -0.2) is 32.9 Å². The molecule has 0 aliphatic rings. The number of aliphatic imine (C=N–C) groups is 1. The number of nitrogens with zero attached hydrogens (tertiary/aromatic N) is 1. The largest absolute Gasteiger partial charge is 0.496 e. The van der Waals surface area contributed by atoms with Crippen molar-refractivity contribution in [2.45, 2.75) is 32.8 Å². The predicted octanol–water partition coefficient (Wildman–Crippen LogP) is 4.57. The maximum atomic E-state index is 12.1. The molecule has 0 fully saturated rings. The summed E-state index contributed by atoms with van der Waals surface area (Å²) < 4.78 is 46.3. The standard InChI is InChI=1S/C21H26F3N3O2.HI/c1-15-4-5-18(10-19(15)28-3)12-27-20(25-2)26-11-16-6-8-17(9-7-16)13-29-14-21(22,23)24;/h4-10H,11-14H2,1-3H3,(H2,25,26,27);1H. The number of hydrogen-bond donors (Lipinski definition) is 2. The van der Waals surface area contributed by atoms with Crippen molar-refractivity contribution in [1.29, 1.82) is 0 Å². The van der Waals surface area contributed by atoms with E-state index >= 15 is 0 Å². The highest BCUT2D eigenvalue weighted by Gasteiger charge is 2.27. The van der Waals surface area contributed by atoms with Gasteiger partial charge in [-0.1, -0.05) is 36.4 Å². The van der Waals surface area contributed by atoms with Gasteiger partial charge in [0.15, 0.2) is 5.96 Å². The molecule has 2 aromatic rings. The number of aryl methyl sites for hydroxylation is 1. The van der Waals surface area contributed by atoms with Crippen LogP contribution in [0.1, 0.15) is 22.3 Å². The molecule has 0 aromatic heterocycles. The molecule has 2 rings (SSSR count). The van der Waals surface area contributed by atoms with Crippen molar-refractivity contribution >= 4 is 29.9 Å². The molecule has 5 nitrogen and oxygen atoms in total. The van der Waals surface area contributed by atoms with Crippen molar-refractivity contribution in [2.75, 3.05) is 20.8 Å². The molecule has 0 radical (unpaired) electrons. The third-order valence-electron chi connectivity index (χ3n) is 4.17. The van der Waals surface area contributed by atoms with Gasteiger partial charge in [0.1, 0.15) is 12.4 Å². The molecule has 166 valence electrons. The van der Waals surface area contributed by atoms with Crippen LogP contribution < -0.4 is 15.4 Å². The maximum Gasteiger partial charge on any atom is 0.411 e.